The average molecular weight is 216 g/mol. The third-order valence-electron chi connectivity index (χ3n) is 2.63. The van der Waals surface area contributed by atoms with Crippen molar-refractivity contribution >= 4 is 11.8 Å². The lowest BCUT2D eigenvalue weighted by Gasteiger charge is -2.20. The molecule has 0 unspecified atom stereocenters. The van der Waals surface area contributed by atoms with Gasteiger partial charge in [-0.2, -0.15) is 0 Å². The molecule has 1 heteroatoms. The van der Waals surface area contributed by atoms with Crippen molar-refractivity contribution in [2.45, 2.75) is 31.6 Å². The summed E-state index contributed by atoms with van der Waals surface area (Å²) in [5, 5.41) is 0. The second-order valence-corrected chi connectivity index (χ2v) is 4.76. The average Bonchev–Trinajstić information content (AvgIpc) is 2.28. The molecule has 0 N–H and O–H groups in total. The largest absolute Gasteiger partial charge is 0.0898 e. The molecule has 2 rings (SSSR count). The first-order chi connectivity index (χ1) is 7.35. The summed E-state index contributed by atoms with van der Waals surface area (Å²) in [5.41, 5.74) is 2.93. The first-order valence-electron chi connectivity index (χ1n) is 5.46. The van der Waals surface area contributed by atoms with Crippen molar-refractivity contribution in [1.82, 2.24) is 0 Å². The van der Waals surface area contributed by atoms with Gasteiger partial charge >= 0.3 is 0 Å². The summed E-state index contributed by atoms with van der Waals surface area (Å²) in [5.74, 6) is 0. The molecule has 0 radical (unpaired) electrons. The summed E-state index contributed by atoms with van der Waals surface area (Å²) in [6.07, 6.45) is 6.77. The summed E-state index contributed by atoms with van der Waals surface area (Å²) in [6.45, 7) is 4.33. The highest BCUT2D eigenvalue weighted by atomic mass is 32.2. The van der Waals surface area contributed by atoms with Crippen molar-refractivity contribution in [3.63, 3.8) is 0 Å². The summed E-state index contributed by atoms with van der Waals surface area (Å²) < 4.78 is 0. The van der Waals surface area contributed by atoms with Gasteiger partial charge in [0.15, 0.2) is 0 Å². The Hall–Kier alpha value is -0.950. The number of hydrogen-bond acceptors (Lipinski definition) is 1. The van der Waals surface area contributed by atoms with E-state index in [2.05, 4.69) is 50.3 Å². The van der Waals surface area contributed by atoms with E-state index in [-0.39, 0.29) is 0 Å². The first kappa shape index (κ1) is 10.6. The zero-order valence-corrected chi connectivity index (χ0v) is 10.1. The Kier molecular flexibility index (Phi) is 3.32. The number of rotatable bonds is 1. The standard InChI is InChI=1S/C14H16S/c1-3-7-13-11(4-2)10-12-8-5-6-9-14(12)15-13/h4-9H,3,10H2,1-2H3/b11-4-,13-7+. The van der Waals surface area contributed by atoms with Gasteiger partial charge in [-0.05, 0) is 37.0 Å². The molecule has 15 heavy (non-hydrogen) atoms. The molecule has 0 atom stereocenters. The molecular formula is C14H16S. The van der Waals surface area contributed by atoms with E-state index in [0.717, 1.165) is 12.8 Å². The maximum absolute atomic E-state index is 2.33. The maximum atomic E-state index is 2.33. The third kappa shape index (κ3) is 2.18. The molecule has 0 fully saturated rings. The maximum Gasteiger partial charge on any atom is 0.0157 e. The molecule has 0 aromatic heterocycles. The minimum Gasteiger partial charge on any atom is -0.0898 e. The van der Waals surface area contributed by atoms with Crippen LogP contribution in [-0.2, 0) is 6.42 Å². The molecule has 0 saturated heterocycles. The van der Waals surface area contributed by atoms with Crippen LogP contribution in [0.1, 0.15) is 25.8 Å². The van der Waals surface area contributed by atoms with Crippen molar-refractivity contribution in [2.24, 2.45) is 0 Å². The number of benzene rings is 1. The Balaban J connectivity index is 2.40. The van der Waals surface area contributed by atoms with E-state index >= 15 is 0 Å². The van der Waals surface area contributed by atoms with Gasteiger partial charge in [0, 0.05) is 9.80 Å². The topological polar surface area (TPSA) is 0 Å². The normalized spacial score (nSPS) is 20.7. The predicted octanol–water partition coefficient (Wildman–Crippen LogP) is 4.58. The second-order valence-electron chi connectivity index (χ2n) is 3.68. The van der Waals surface area contributed by atoms with Crippen LogP contribution in [0.4, 0.5) is 0 Å². The van der Waals surface area contributed by atoms with E-state index in [1.165, 1.54) is 20.9 Å². The Bertz CT molecular complexity index is 413. The van der Waals surface area contributed by atoms with Crippen LogP contribution >= 0.6 is 11.8 Å². The number of hydrogen-bond donors (Lipinski definition) is 0. The van der Waals surface area contributed by atoms with Crippen LogP contribution < -0.4 is 0 Å². The predicted molar refractivity (Wildman–Crippen MR) is 68.1 cm³/mol. The highest BCUT2D eigenvalue weighted by Crippen LogP contribution is 2.41. The molecule has 1 aromatic rings. The van der Waals surface area contributed by atoms with Crippen LogP contribution in [0.2, 0.25) is 0 Å². The molecular weight excluding hydrogens is 200 g/mol. The Morgan fingerprint density at radius 1 is 1.33 bits per heavy atom. The van der Waals surface area contributed by atoms with Crippen LogP contribution in [0.15, 0.2) is 51.8 Å². The molecule has 0 bridgehead atoms. The third-order valence-corrected chi connectivity index (χ3v) is 3.89. The van der Waals surface area contributed by atoms with Crippen LogP contribution in [0.5, 0.6) is 0 Å². The fourth-order valence-electron chi connectivity index (χ4n) is 1.83. The van der Waals surface area contributed by atoms with E-state index in [1.807, 2.05) is 11.8 Å². The van der Waals surface area contributed by atoms with E-state index in [4.69, 9.17) is 0 Å². The molecule has 0 nitrogen and oxygen atoms in total. The lowest BCUT2D eigenvalue weighted by Crippen LogP contribution is -2.00. The van der Waals surface area contributed by atoms with Crippen LogP contribution in [0.3, 0.4) is 0 Å². The van der Waals surface area contributed by atoms with Gasteiger partial charge in [-0.15, -0.1) is 0 Å². The fraction of sp³-hybridized carbons (Fsp3) is 0.286. The van der Waals surface area contributed by atoms with Gasteiger partial charge in [0.1, 0.15) is 0 Å². The number of fused-ring (bicyclic) bond motifs is 1. The van der Waals surface area contributed by atoms with E-state index < -0.39 is 0 Å². The minimum atomic E-state index is 1.09. The van der Waals surface area contributed by atoms with Gasteiger partial charge in [-0.25, -0.2) is 0 Å². The van der Waals surface area contributed by atoms with E-state index in [9.17, 15) is 0 Å². The second kappa shape index (κ2) is 4.71. The summed E-state index contributed by atoms with van der Waals surface area (Å²) >= 11 is 1.91. The van der Waals surface area contributed by atoms with E-state index in [1.54, 1.807) is 0 Å². The van der Waals surface area contributed by atoms with Crippen LogP contribution in [0, 0.1) is 0 Å². The van der Waals surface area contributed by atoms with Crippen molar-refractivity contribution in [2.75, 3.05) is 0 Å². The number of allylic oxidation sites excluding steroid dienone is 3. The van der Waals surface area contributed by atoms with Gasteiger partial charge in [0.25, 0.3) is 0 Å². The molecule has 0 saturated carbocycles. The summed E-state index contributed by atoms with van der Waals surface area (Å²) in [4.78, 5) is 2.86. The highest BCUT2D eigenvalue weighted by Gasteiger charge is 2.16. The molecule has 0 spiro atoms. The highest BCUT2D eigenvalue weighted by molar-refractivity contribution is 8.03. The van der Waals surface area contributed by atoms with Gasteiger partial charge in [-0.3, -0.25) is 0 Å². The van der Waals surface area contributed by atoms with Crippen molar-refractivity contribution in [3.8, 4) is 0 Å². The summed E-state index contributed by atoms with van der Waals surface area (Å²) in [7, 11) is 0. The van der Waals surface area contributed by atoms with Gasteiger partial charge in [-0.1, -0.05) is 49.0 Å². The smallest absolute Gasteiger partial charge is 0.0157 e. The Morgan fingerprint density at radius 3 is 2.87 bits per heavy atom. The van der Waals surface area contributed by atoms with Crippen molar-refractivity contribution in [3.05, 3.63) is 52.5 Å². The Morgan fingerprint density at radius 2 is 2.13 bits per heavy atom. The quantitative estimate of drug-likeness (QED) is 0.662. The zero-order valence-electron chi connectivity index (χ0n) is 9.29. The lowest BCUT2D eigenvalue weighted by molar-refractivity contribution is 1.09. The van der Waals surface area contributed by atoms with Gasteiger partial charge in [0.05, 0.1) is 0 Å². The fourth-order valence-corrected chi connectivity index (χ4v) is 3.05. The molecule has 0 amide bonds. The molecule has 0 aliphatic carbocycles. The van der Waals surface area contributed by atoms with Crippen molar-refractivity contribution in [1.29, 1.82) is 0 Å². The monoisotopic (exact) mass is 216 g/mol. The SMILES string of the molecule is C/C=C1/Cc2ccccc2S/C1=C/CC. The molecule has 78 valence electrons. The van der Waals surface area contributed by atoms with Crippen LogP contribution in [-0.4, -0.2) is 0 Å². The summed E-state index contributed by atoms with van der Waals surface area (Å²) in [6, 6.07) is 8.70. The zero-order chi connectivity index (χ0) is 10.7. The Labute approximate surface area is 96.1 Å². The van der Waals surface area contributed by atoms with E-state index in [0.29, 0.717) is 0 Å². The molecule has 1 heterocycles. The number of thioether (sulfide) groups is 1. The minimum absolute atomic E-state index is 1.09. The molecule has 1 aromatic carbocycles. The molecule has 1 aliphatic heterocycles. The first-order valence-corrected chi connectivity index (χ1v) is 6.28. The molecule has 1 aliphatic rings. The van der Waals surface area contributed by atoms with Crippen molar-refractivity contribution < 1.29 is 0 Å². The lowest BCUT2D eigenvalue weighted by atomic mass is 10.0. The van der Waals surface area contributed by atoms with Gasteiger partial charge in [0.2, 0.25) is 0 Å². The van der Waals surface area contributed by atoms with Crippen LogP contribution in [0.25, 0.3) is 0 Å². The van der Waals surface area contributed by atoms with Gasteiger partial charge < -0.3 is 0 Å².